The highest BCUT2D eigenvalue weighted by atomic mass is 16.5. The Balaban J connectivity index is 1.57. The van der Waals surface area contributed by atoms with Crippen LogP contribution in [-0.4, -0.2) is 34.1 Å². The van der Waals surface area contributed by atoms with Crippen molar-refractivity contribution in [3.05, 3.63) is 42.1 Å². The first kappa shape index (κ1) is 18.4. The SMILES string of the molecule is CC(C)(C)CC(=O)N1CCCC(c2nnc(COc3ccccc3)o2)C1. The Bertz CT molecular complexity index is 721. The van der Waals surface area contributed by atoms with Crippen molar-refractivity contribution in [1.82, 2.24) is 15.1 Å². The van der Waals surface area contributed by atoms with Gasteiger partial charge in [-0.2, -0.15) is 0 Å². The minimum atomic E-state index is -0.00351. The fourth-order valence-corrected chi connectivity index (χ4v) is 3.12. The third-order valence-corrected chi connectivity index (χ3v) is 4.39. The number of rotatable bonds is 5. The molecule has 26 heavy (non-hydrogen) atoms. The van der Waals surface area contributed by atoms with Gasteiger partial charge in [0.05, 0.1) is 5.92 Å². The van der Waals surface area contributed by atoms with Crippen molar-refractivity contribution in [2.24, 2.45) is 5.41 Å². The van der Waals surface area contributed by atoms with Crippen molar-refractivity contribution in [2.45, 2.75) is 52.6 Å². The van der Waals surface area contributed by atoms with Crippen LogP contribution in [0.4, 0.5) is 0 Å². The van der Waals surface area contributed by atoms with Gasteiger partial charge >= 0.3 is 0 Å². The average molecular weight is 357 g/mol. The van der Waals surface area contributed by atoms with E-state index in [4.69, 9.17) is 9.15 Å². The Hall–Kier alpha value is -2.37. The Morgan fingerprint density at radius 2 is 2.04 bits per heavy atom. The number of amides is 1. The second-order valence-electron chi connectivity index (χ2n) is 8.05. The van der Waals surface area contributed by atoms with Gasteiger partial charge in [0.25, 0.3) is 5.89 Å². The Morgan fingerprint density at radius 1 is 1.27 bits per heavy atom. The van der Waals surface area contributed by atoms with Gasteiger partial charge in [0.2, 0.25) is 11.8 Å². The van der Waals surface area contributed by atoms with E-state index in [9.17, 15) is 4.79 Å². The third kappa shape index (κ3) is 5.07. The third-order valence-electron chi connectivity index (χ3n) is 4.39. The van der Waals surface area contributed by atoms with E-state index < -0.39 is 0 Å². The van der Waals surface area contributed by atoms with Crippen LogP contribution in [0.3, 0.4) is 0 Å². The Kier molecular flexibility index (Phi) is 5.59. The molecule has 3 rings (SSSR count). The first-order valence-corrected chi connectivity index (χ1v) is 9.18. The summed E-state index contributed by atoms with van der Waals surface area (Å²) in [5.41, 5.74) is -0.00351. The largest absolute Gasteiger partial charge is 0.484 e. The van der Waals surface area contributed by atoms with E-state index in [-0.39, 0.29) is 23.8 Å². The topological polar surface area (TPSA) is 68.5 Å². The molecule has 0 bridgehead atoms. The van der Waals surface area contributed by atoms with E-state index >= 15 is 0 Å². The lowest BCUT2D eigenvalue weighted by Crippen LogP contribution is -2.40. The van der Waals surface area contributed by atoms with Crippen LogP contribution in [0, 0.1) is 5.41 Å². The molecule has 0 radical (unpaired) electrons. The summed E-state index contributed by atoms with van der Waals surface area (Å²) < 4.78 is 11.4. The lowest BCUT2D eigenvalue weighted by Gasteiger charge is -2.33. The van der Waals surface area contributed by atoms with Gasteiger partial charge in [-0.25, -0.2) is 0 Å². The number of hydrogen-bond acceptors (Lipinski definition) is 5. The van der Waals surface area contributed by atoms with Crippen molar-refractivity contribution in [3.8, 4) is 5.75 Å². The molecule has 1 aromatic heterocycles. The summed E-state index contributed by atoms with van der Waals surface area (Å²) in [5.74, 6) is 2.13. The molecule has 0 aliphatic carbocycles. The van der Waals surface area contributed by atoms with E-state index in [0.29, 0.717) is 24.7 Å². The van der Waals surface area contributed by atoms with E-state index in [1.165, 1.54) is 0 Å². The number of aromatic nitrogens is 2. The predicted octanol–water partition coefficient (Wildman–Crippen LogP) is 3.79. The van der Waals surface area contributed by atoms with Crippen LogP contribution in [0.5, 0.6) is 5.75 Å². The maximum Gasteiger partial charge on any atom is 0.253 e. The van der Waals surface area contributed by atoms with Crippen molar-refractivity contribution in [3.63, 3.8) is 0 Å². The lowest BCUT2D eigenvalue weighted by atomic mass is 9.90. The summed E-state index contributed by atoms with van der Waals surface area (Å²) in [7, 11) is 0. The maximum absolute atomic E-state index is 12.5. The molecule has 6 heteroatoms. The molecule has 0 spiro atoms. The number of benzene rings is 1. The molecule has 1 aliphatic rings. The highest BCUT2D eigenvalue weighted by molar-refractivity contribution is 5.77. The molecule has 2 aromatic rings. The molecule has 1 aliphatic heterocycles. The van der Waals surface area contributed by atoms with Gasteiger partial charge in [-0.3, -0.25) is 4.79 Å². The van der Waals surface area contributed by atoms with Crippen molar-refractivity contribution in [1.29, 1.82) is 0 Å². The molecule has 1 saturated heterocycles. The summed E-state index contributed by atoms with van der Waals surface area (Å²) in [6.07, 6.45) is 2.47. The molecule has 1 aromatic carbocycles. The summed E-state index contributed by atoms with van der Waals surface area (Å²) in [6, 6.07) is 9.54. The van der Waals surface area contributed by atoms with E-state index in [1.807, 2.05) is 35.2 Å². The van der Waals surface area contributed by atoms with Gasteiger partial charge < -0.3 is 14.1 Å². The molecule has 6 nitrogen and oxygen atoms in total. The zero-order chi connectivity index (χ0) is 18.6. The molecule has 140 valence electrons. The van der Waals surface area contributed by atoms with E-state index in [2.05, 4.69) is 31.0 Å². The number of carbonyl (C=O) groups is 1. The van der Waals surface area contributed by atoms with Crippen molar-refractivity contribution >= 4 is 5.91 Å². The standard InChI is InChI=1S/C20H27N3O3/c1-20(2,3)12-18(24)23-11-7-8-15(13-23)19-22-21-17(26-19)14-25-16-9-5-4-6-10-16/h4-6,9-10,15H,7-8,11-14H2,1-3H3. The number of para-hydroxylation sites is 1. The number of hydrogen-bond donors (Lipinski definition) is 0. The fraction of sp³-hybridized carbons (Fsp3) is 0.550. The number of carbonyl (C=O) groups excluding carboxylic acids is 1. The molecule has 0 N–H and O–H groups in total. The minimum absolute atomic E-state index is 0.00351. The maximum atomic E-state index is 12.5. The molecule has 1 atom stereocenters. The van der Waals surface area contributed by atoms with E-state index in [1.54, 1.807) is 0 Å². The minimum Gasteiger partial charge on any atom is -0.484 e. The summed E-state index contributed by atoms with van der Waals surface area (Å²) in [6.45, 7) is 7.96. The summed E-state index contributed by atoms with van der Waals surface area (Å²) >= 11 is 0. The van der Waals surface area contributed by atoms with Crippen LogP contribution in [0.15, 0.2) is 34.7 Å². The van der Waals surface area contributed by atoms with Crippen molar-refractivity contribution < 1.29 is 13.9 Å². The smallest absolute Gasteiger partial charge is 0.253 e. The molecule has 1 amide bonds. The highest BCUT2D eigenvalue weighted by Gasteiger charge is 2.30. The van der Waals surface area contributed by atoms with Gasteiger partial charge in [-0.15, -0.1) is 10.2 Å². The molecule has 2 heterocycles. The first-order chi connectivity index (χ1) is 12.4. The van der Waals surface area contributed by atoms with Crippen LogP contribution in [-0.2, 0) is 11.4 Å². The molecular weight excluding hydrogens is 330 g/mol. The van der Waals surface area contributed by atoms with E-state index in [0.717, 1.165) is 25.1 Å². The molecule has 1 fully saturated rings. The van der Waals surface area contributed by atoms with Gasteiger partial charge in [-0.05, 0) is 30.4 Å². The van der Waals surface area contributed by atoms with Gasteiger partial charge in [-0.1, -0.05) is 39.0 Å². The second kappa shape index (κ2) is 7.89. The first-order valence-electron chi connectivity index (χ1n) is 9.18. The fourth-order valence-electron chi connectivity index (χ4n) is 3.12. The highest BCUT2D eigenvalue weighted by Crippen LogP contribution is 2.28. The number of nitrogens with zero attached hydrogens (tertiary/aromatic N) is 3. The van der Waals surface area contributed by atoms with Gasteiger partial charge in [0.15, 0.2) is 6.61 Å². The molecule has 0 saturated carbocycles. The monoisotopic (exact) mass is 357 g/mol. The summed E-state index contributed by atoms with van der Waals surface area (Å²) in [4.78, 5) is 14.4. The van der Waals surface area contributed by atoms with Crippen LogP contribution < -0.4 is 4.74 Å². The second-order valence-corrected chi connectivity index (χ2v) is 8.05. The summed E-state index contributed by atoms with van der Waals surface area (Å²) in [5, 5.41) is 8.28. The van der Waals surface area contributed by atoms with Crippen LogP contribution in [0.25, 0.3) is 0 Å². The quantitative estimate of drug-likeness (QED) is 0.814. The predicted molar refractivity (Wildman–Crippen MR) is 97.7 cm³/mol. The van der Waals surface area contributed by atoms with Gasteiger partial charge in [0.1, 0.15) is 5.75 Å². The zero-order valence-electron chi connectivity index (χ0n) is 15.8. The number of likely N-dealkylation sites (tertiary alicyclic amines) is 1. The van der Waals surface area contributed by atoms with Crippen LogP contribution in [0.2, 0.25) is 0 Å². The van der Waals surface area contributed by atoms with Gasteiger partial charge in [0, 0.05) is 19.5 Å². The molecular formula is C20H27N3O3. The number of ether oxygens (including phenoxy) is 1. The normalized spacial score (nSPS) is 18.0. The number of piperidine rings is 1. The van der Waals surface area contributed by atoms with Crippen LogP contribution in [0.1, 0.15) is 57.7 Å². The Morgan fingerprint density at radius 3 is 2.77 bits per heavy atom. The Labute approximate surface area is 154 Å². The van der Waals surface area contributed by atoms with Crippen LogP contribution >= 0.6 is 0 Å². The van der Waals surface area contributed by atoms with Crippen molar-refractivity contribution in [2.75, 3.05) is 13.1 Å². The molecule has 1 unspecified atom stereocenters. The lowest BCUT2D eigenvalue weighted by molar-refractivity contribution is -0.134. The average Bonchev–Trinajstić information content (AvgIpc) is 3.09. The zero-order valence-corrected chi connectivity index (χ0v) is 15.8.